The topological polar surface area (TPSA) is 27.0 Å². The number of hydrogen-bond donors (Lipinski definition) is 0. The SMILES string of the molecule is C[N-]CCc1cccc2ncccc12. The lowest BCUT2D eigenvalue weighted by Gasteiger charge is -2.11. The number of pyridine rings is 1. The molecular weight excluding hydrogens is 172 g/mol. The molecule has 1 aromatic carbocycles. The lowest BCUT2D eigenvalue weighted by Crippen LogP contribution is -1.92. The van der Waals surface area contributed by atoms with Gasteiger partial charge in [0.05, 0.1) is 5.52 Å². The van der Waals surface area contributed by atoms with Gasteiger partial charge in [-0.05, 0) is 24.1 Å². The van der Waals surface area contributed by atoms with Crippen molar-refractivity contribution in [2.24, 2.45) is 0 Å². The molecule has 2 rings (SSSR count). The molecule has 1 heterocycles. The molecule has 2 heteroatoms. The van der Waals surface area contributed by atoms with Crippen LogP contribution in [0.3, 0.4) is 0 Å². The van der Waals surface area contributed by atoms with Gasteiger partial charge in [0.25, 0.3) is 0 Å². The summed E-state index contributed by atoms with van der Waals surface area (Å²) in [6, 6.07) is 10.3. The Morgan fingerprint density at radius 3 is 3.00 bits per heavy atom. The van der Waals surface area contributed by atoms with Crippen molar-refractivity contribution in [2.45, 2.75) is 6.42 Å². The first-order valence-corrected chi connectivity index (χ1v) is 4.80. The van der Waals surface area contributed by atoms with Crippen molar-refractivity contribution in [2.75, 3.05) is 13.6 Å². The van der Waals surface area contributed by atoms with E-state index in [1.165, 1.54) is 10.9 Å². The molecule has 0 aliphatic rings. The van der Waals surface area contributed by atoms with E-state index < -0.39 is 0 Å². The van der Waals surface area contributed by atoms with Crippen molar-refractivity contribution in [3.63, 3.8) is 0 Å². The number of likely N-dealkylation sites (N-methyl/N-ethyl adjacent to an activating group) is 1. The van der Waals surface area contributed by atoms with Gasteiger partial charge >= 0.3 is 0 Å². The van der Waals surface area contributed by atoms with Crippen LogP contribution in [0.25, 0.3) is 16.2 Å². The number of benzene rings is 1. The minimum atomic E-state index is 0.883. The Morgan fingerprint density at radius 1 is 1.21 bits per heavy atom. The first-order valence-electron chi connectivity index (χ1n) is 4.80. The molecule has 2 aromatic rings. The van der Waals surface area contributed by atoms with Crippen molar-refractivity contribution in [3.8, 4) is 0 Å². The molecule has 14 heavy (non-hydrogen) atoms. The van der Waals surface area contributed by atoms with Gasteiger partial charge in [0.2, 0.25) is 0 Å². The summed E-state index contributed by atoms with van der Waals surface area (Å²) in [4.78, 5) is 4.32. The molecule has 0 fully saturated rings. The van der Waals surface area contributed by atoms with Gasteiger partial charge in [-0.15, -0.1) is 6.54 Å². The van der Waals surface area contributed by atoms with Gasteiger partial charge in [0.1, 0.15) is 0 Å². The number of hydrogen-bond acceptors (Lipinski definition) is 1. The van der Waals surface area contributed by atoms with E-state index in [0.717, 1.165) is 18.5 Å². The predicted octanol–water partition coefficient (Wildman–Crippen LogP) is 2.78. The highest BCUT2D eigenvalue weighted by atomic mass is 14.8. The molecule has 0 unspecified atom stereocenters. The van der Waals surface area contributed by atoms with E-state index in [2.05, 4.69) is 28.5 Å². The molecule has 0 saturated heterocycles. The third-order valence-electron chi connectivity index (χ3n) is 2.34. The zero-order chi connectivity index (χ0) is 9.80. The average molecular weight is 185 g/mol. The summed E-state index contributed by atoms with van der Waals surface area (Å²) >= 11 is 0. The summed E-state index contributed by atoms with van der Waals surface area (Å²) in [5.74, 6) is 0. The van der Waals surface area contributed by atoms with Crippen LogP contribution < -0.4 is 0 Å². The molecule has 0 spiro atoms. The van der Waals surface area contributed by atoms with E-state index in [1.54, 1.807) is 0 Å². The molecule has 0 bridgehead atoms. The molecule has 2 nitrogen and oxygen atoms in total. The molecule has 0 atom stereocenters. The van der Waals surface area contributed by atoms with Crippen LogP contribution in [0.1, 0.15) is 5.56 Å². The summed E-state index contributed by atoms with van der Waals surface area (Å²) in [5, 5.41) is 5.37. The van der Waals surface area contributed by atoms with E-state index in [9.17, 15) is 0 Å². The second-order valence-electron chi connectivity index (χ2n) is 3.28. The maximum absolute atomic E-state index is 4.32. The second-order valence-corrected chi connectivity index (χ2v) is 3.28. The fourth-order valence-corrected chi connectivity index (χ4v) is 1.62. The van der Waals surface area contributed by atoms with E-state index in [-0.39, 0.29) is 0 Å². The third kappa shape index (κ3) is 1.75. The Labute approximate surface area is 84.0 Å². The number of nitrogens with zero attached hydrogens (tertiary/aromatic N) is 2. The van der Waals surface area contributed by atoms with Crippen LogP contribution in [0.2, 0.25) is 0 Å². The summed E-state index contributed by atoms with van der Waals surface area (Å²) < 4.78 is 0. The Kier molecular flexibility index (Phi) is 2.75. The zero-order valence-electron chi connectivity index (χ0n) is 8.27. The van der Waals surface area contributed by atoms with Crippen molar-refractivity contribution < 1.29 is 0 Å². The maximum atomic E-state index is 4.32. The number of aromatic nitrogens is 1. The lowest BCUT2D eigenvalue weighted by molar-refractivity contribution is 1.05. The lowest BCUT2D eigenvalue weighted by atomic mass is 10.1. The van der Waals surface area contributed by atoms with Gasteiger partial charge in [-0.1, -0.05) is 18.2 Å². The molecule has 0 radical (unpaired) electrons. The predicted molar refractivity (Wildman–Crippen MR) is 59.6 cm³/mol. The minimum absolute atomic E-state index is 0.883. The van der Waals surface area contributed by atoms with E-state index in [1.807, 2.05) is 25.4 Å². The van der Waals surface area contributed by atoms with Crippen LogP contribution in [0.4, 0.5) is 0 Å². The Hall–Kier alpha value is -1.41. The molecule has 0 aliphatic carbocycles. The van der Waals surface area contributed by atoms with Crippen molar-refractivity contribution in [1.82, 2.24) is 4.98 Å². The van der Waals surface area contributed by atoms with Crippen LogP contribution >= 0.6 is 0 Å². The summed E-state index contributed by atoms with van der Waals surface area (Å²) in [6.07, 6.45) is 2.83. The first-order chi connectivity index (χ1) is 6.92. The van der Waals surface area contributed by atoms with Gasteiger partial charge < -0.3 is 5.32 Å². The fourth-order valence-electron chi connectivity index (χ4n) is 1.62. The molecule has 1 aromatic heterocycles. The normalized spacial score (nSPS) is 10.6. The third-order valence-corrected chi connectivity index (χ3v) is 2.34. The minimum Gasteiger partial charge on any atom is -0.665 e. The highest BCUT2D eigenvalue weighted by molar-refractivity contribution is 5.81. The number of rotatable bonds is 3. The molecule has 72 valence electrons. The molecule has 0 aliphatic heterocycles. The maximum Gasteiger partial charge on any atom is 0.0704 e. The largest absolute Gasteiger partial charge is 0.665 e. The summed E-state index contributed by atoms with van der Waals surface area (Å²) in [6.45, 7) is 0.883. The second kappa shape index (κ2) is 4.20. The van der Waals surface area contributed by atoms with E-state index in [0.29, 0.717) is 0 Å². The molecule has 0 amide bonds. The number of fused-ring (bicyclic) bond motifs is 1. The Bertz CT molecular complexity index is 418. The molecule has 0 N–H and O–H groups in total. The monoisotopic (exact) mass is 185 g/mol. The average Bonchev–Trinajstić information content (AvgIpc) is 2.26. The zero-order valence-corrected chi connectivity index (χ0v) is 8.27. The van der Waals surface area contributed by atoms with Gasteiger partial charge in [0.15, 0.2) is 0 Å². The van der Waals surface area contributed by atoms with Gasteiger partial charge in [-0.3, -0.25) is 4.98 Å². The van der Waals surface area contributed by atoms with Crippen molar-refractivity contribution >= 4 is 10.9 Å². The van der Waals surface area contributed by atoms with Gasteiger partial charge in [-0.2, -0.15) is 7.05 Å². The Balaban J connectivity index is 2.43. The summed E-state index contributed by atoms with van der Waals surface area (Å²) in [5.41, 5.74) is 2.40. The van der Waals surface area contributed by atoms with Crippen LogP contribution in [-0.2, 0) is 6.42 Å². The summed E-state index contributed by atoms with van der Waals surface area (Å²) in [7, 11) is 1.85. The quantitative estimate of drug-likeness (QED) is 0.722. The fraction of sp³-hybridized carbons (Fsp3) is 0.250. The highest BCUT2D eigenvalue weighted by Gasteiger charge is 1.97. The van der Waals surface area contributed by atoms with Crippen LogP contribution in [-0.4, -0.2) is 18.6 Å². The van der Waals surface area contributed by atoms with Crippen molar-refractivity contribution in [1.29, 1.82) is 0 Å². The Morgan fingerprint density at radius 2 is 2.14 bits per heavy atom. The molecular formula is C12H13N2-. The van der Waals surface area contributed by atoms with Crippen LogP contribution in [0, 0.1) is 0 Å². The van der Waals surface area contributed by atoms with Crippen LogP contribution in [0.15, 0.2) is 36.5 Å². The molecule has 0 saturated carbocycles. The van der Waals surface area contributed by atoms with Gasteiger partial charge in [0, 0.05) is 11.6 Å². The first kappa shape index (κ1) is 9.16. The smallest absolute Gasteiger partial charge is 0.0704 e. The van der Waals surface area contributed by atoms with Crippen molar-refractivity contribution in [3.05, 3.63) is 47.4 Å². The van der Waals surface area contributed by atoms with E-state index >= 15 is 0 Å². The van der Waals surface area contributed by atoms with Crippen LogP contribution in [0.5, 0.6) is 0 Å². The highest BCUT2D eigenvalue weighted by Crippen LogP contribution is 2.16. The van der Waals surface area contributed by atoms with E-state index in [4.69, 9.17) is 0 Å². The van der Waals surface area contributed by atoms with Gasteiger partial charge in [-0.25, -0.2) is 0 Å². The standard InChI is InChI=1S/C12H13N2/c1-13-9-7-10-4-2-6-12-11(10)5-3-8-14-12/h2-6,8H,7,9H2,1H3/q-1.